The summed E-state index contributed by atoms with van der Waals surface area (Å²) >= 11 is 1.43. The number of fused-ring (bicyclic) bond motifs is 1. The number of thiophene rings is 1. The van der Waals surface area contributed by atoms with Crippen molar-refractivity contribution in [3.8, 4) is 0 Å². The maximum absolute atomic E-state index is 12.2. The van der Waals surface area contributed by atoms with E-state index in [1.165, 1.54) is 11.3 Å². The molecule has 0 bridgehead atoms. The van der Waals surface area contributed by atoms with E-state index in [1.54, 1.807) is 24.2 Å². The van der Waals surface area contributed by atoms with Gasteiger partial charge in [-0.25, -0.2) is 4.79 Å². The van der Waals surface area contributed by atoms with Gasteiger partial charge in [-0.1, -0.05) is 6.07 Å². The van der Waals surface area contributed by atoms with Gasteiger partial charge in [0.2, 0.25) is 5.91 Å². The summed E-state index contributed by atoms with van der Waals surface area (Å²) in [4.78, 5) is 30.9. The van der Waals surface area contributed by atoms with Crippen molar-refractivity contribution in [3.63, 3.8) is 0 Å². The molecule has 0 spiro atoms. The number of hydrogen-bond donors (Lipinski definition) is 2. The predicted octanol–water partition coefficient (Wildman–Crippen LogP) is 2.81. The number of aromatic nitrogens is 1. The lowest BCUT2D eigenvalue weighted by atomic mass is 10.1. The van der Waals surface area contributed by atoms with Gasteiger partial charge in [0.25, 0.3) is 0 Å². The molecule has 138 valence electrons. The second-order valence-electron chi connectivity index (χ2n) is 6.03. The molecule has 1 aliphatic heterocycles. The highest BCUT2D eigenvalue weighted by Gasteiger charge is 2.27. The second kappa shape index (κ2) is 8.18. The summed E-state index contributed by atoms with van der Waals surface area (Å²) in [6.45, 7) is 3.18. The third kappa shape index (κ3) is 4.13. The van der Waals surface area contributed by atoms with Crippen molar-refractivity contribution < 1.29 is 14.3 Å². The number of pyridine rings is 1. The van der Waals surface area contributed by atoms with Crippen LogP contribution in [-0.4, -0.2) is 35.0 Å². The van der Waals surface area contributed by atoms with E-state index in [9.17, 15) is 9.59 Å². The maximum atomic E-state index is 12.2. The molecular weight excluding hydrogens is 352 g/mol. The lowest BCUT2D eigenvalue weighted by Gasteiger charge is -2.26. The Kier molecular flexibility index (Phi) is 5.72. The molecule has 26 heavy (non-hydrogen) atoms. The van der Waals surface area contributed by atoms with Gasteiger partial charge in [0, 0.05) is 30.2 Å². The van der Waals surface area contributed by atoms with E-state index in [0.717, 1.165) is 16.0 Å². The van der Waals surface area contributed by atoms with Crippen LogP contribution in [0.25, 0.3) is 0 Å². The average molecular weight is 374 g/mol. The molecule has 3 N–H and O–H groups in total. The van der Waals surface area contributed by atoms with Crippen LogP contribution in [0.5, 0.6) is 0 Å². The smallest absolute Gasteiger partial charge is 0.410 e. The van der Waals surface area contributed by atoms with E-state index in [0.29, 0.717) is 49.6 Å². The number of aryl methyl sites for hydroxylation is 1. The molecule has 0 atom stereocenters. The van der Waals surface area contributed by atoms with Crippen LogP contribution >= 0.6 is 11.3 Å². The van der Waals surface area contributed by atoms with Crippen molar-refractivity contribution >= 4 is 34.0 Å². The van der Waals surface area contributed by atoms with Crippen LogP contribution in [0.15, 0.2) is 24.5 Å². The first-order valence-electron chi connectivity index (χ1n) is 8.59. The lowest BCUT2D eigenvalue weighted by Crippen LogP contribution is -2.35. The lowest BCUT2D eigenvalue weighted by molar-refractivity contribution is -0.116. The van der Waals surface area contributed by atoms with E-state index in [4.69, 9.17) is 10.5 Å². The number of nitrogens with two attached hydrogens (primary N) is 1. The number of rotatable bonds is 5. The Balaban J connectivity index is 1.61. The molecule has 1 aliphatic rings. The molecule has 0 aromatic carbocycles. The maximum Gasteiger partial charge on any atom is 0.410 e. The normalized spacial score (nSPS) is 13.2. The Hall–Kier alpha value is -2.61. The molecule has 0 unspecified atom stereocenters. The summed E-state index contributed by atoms with van der Waals surface area (Å²) in [5.41, 5.74) is 8.87. The van der Waals surface area contributed by atoms with Crippen molar-refractivity contribution in [3.05, 3.63) is 40.5 Å². The highest BCUT2D eigenvalue weighted by atomic mass is 32.1. The minimum Gasteiger partial charge on any atom is -0.450 e. The zero-order valence-electron chi connectivity index (χ0n) is 14.7. The highest BCUT2D eigenvalue weighted by molar-refractivity contribution is 7.17. The largest absolute Gasteiger partial charge is 0.450 e. The molecule has 0 radical (unpaired) electrons. The third-order valence-corrected chi connectivity index (χ3v) is 5.39. The molecule has 2 aromatic rings. The van der Waals surface area contributed by atoms with E-state index in [2.05, 4.69) is 10.3 Å². The Morgan fingerprint density at radius 2 is 2.31 bits per heavy atom. The number of nitrogens with one attached hydrogen (secondary N) is 1. The van der Waals surface area contributed by atoms with E-state index in [-0.39, 0.29) is 12.0 Å². The van der Waals surface area contributed by atoms with Crippen LogP contribution in [0, 0.1) is 0 Å². The Morgan fingerprint density at radius 1 is 1.46 bits per heavy atom. The number of carbonyl (C=O) groups is 2. The van der Waals surface area contributed by atoms with Crippen LogP contribution in [-0.2, 0) is 28.9 Å². The first kappa shape index (κ1) is 18.2. The minimum atomic E-state index is -0.313. The summed E-state index contributed by atoms with van der Waals surface area (Å²) in [6.07, 6.45) is 4.81. The standard InChI is InChI=1S/C18H22N4O3S/c1-2-25-18(24)22-9-7-13-14(11-22)26-17(16(13)19)21-15(23)6-5-12-4-3-8-20-10-12/h3-4,8,10H,2,5-7,9,11,19H2,1H3,(H,21,23). The van der Waals surface area contributed by atoms with Gasteiger partial charge >= 0.3 is 6.09 Å². The van der Waals surface area contributed by atoms with E-state index >= 15 is 0 Å². The molecule has 0 saturated heterocycles. The van der Waals surface area contributed by atoms with Crippen LogP contribution in [0.4, 0.5) is 15.5 Å². The molecular formula is C18H22N4O3S. The third-order valence-electron chi connectivity index (χ3n) is 4.24. The van der Waals surface area contributed by atoms with Gasteiger partial charge < -0.3 is 20.7 Å². The fourth-order valence-corrected chi connectivity index (χ4v) is 4.08. The molecule has 3 heterocycles. The Bertz CT molecular complexity index is 791. The fraction of sp³-hybridized carbons (Fsp3) is 0.389. The monoisotopic (exact) mass is 374 g/mol. The topological polar surface area (TPSA) is 97.5 Å². The Labute approximate surface area is 156 Å². The van der Waals surface area contributed by atoms with Gasteiger partial charge in [-0.15, -0.1) is 11.3 Å². The van der Waals surface area contributed by atoms with Crippen LogP contribution in [0.1, 0.15) is 29.3 Å². The summed E-state index contributed by atoms with van der Waals surface area (Å²) in [5.74, 6) is -0.0820. The number of carbonyl (C=O) groups excluding carboxylic acids is 2. The molecule has 8 heteroatoms. The second-order valence-corrected chi connectivity index (χ2v) is 7.13. The van der Waals surface area contributed by atoms with Crippen molar-refractivity contribution in [2.45, 2.75) is 32.7 Å². The number of nitrogens with zero attached hydrogens (tertiary/aromatic N) is 2. The minimum absolute atomic E-state index is 0.0820. The van der Waals surface area contributed by atoms with Crippen molar-refractivity contribution in [2.75, 3.05) is 24.2 Å². The van der Waals surface area contributed by atoms with Crippen LogP contribution in [0.2, 0.25) is 0 Å². The summed E-state index contributed by atoms with van der Waals surface area (Å²) in [5, 5.41) is 3.57. The zero-order valence-corrected chi connectivity index (χ0v) is 15.5. The first-order valence-corrected chi connectivity index (χ1v) is 9.40. The van der Waals surface area contributed by atoms with Gasteiger partial charge in [0.15, 0.2) is 0 Å². The van der Waals surface area contributed by atoms with Crippen LogP contribution in [0.3, 0.4) is 0 Å². The van der Waals surface area contributed by atoms with Crippen molar-refractivity contribution in [1.29, 1.82) is 0 Å². The van der Waals surface area contributed by atoms with Crippen molar-refractivity contribution in [1.82, 2.24) is 9.88 Å². The van der Waals surface area contributed by atoms with Gasteiger partial charge in [0.05, 0.1) is 18.8 Å². The SMILES string of the molecule is CCOC(=O)N1CCc2c(sc(NC(=O)CCc3cccnc3)c2N)C1. The number of anilines is 2. The molecule has 7 nitrogen and oxygen atoms in total. The fourth-order valence-electron chi connectivity index (χ4n) is 2.88. The summed E-state index contributed by atoms with van der Waals surface area (Å²) < 4.78 is 5.06. The molecule has 2 amide bonds. The van der Waals surface area contributed by atoms with Gasteiger partial charge in [0.1, 0.15) is 5.00 Å². The predicted molar refractivity (Wildman–Crippen MR) is 101 cm³/mol. The summed E-state index contributed by atoms with van der Waals surface area (Å²) in [7, 11) is 0. The number of nitrogen functional groups attached to an aromatic ring is 1. The van der Waals surface area contributed by atoms with E-state index < -0.39 is 0 Å². The molecule has 2 aromatic heterocycles. The first-order chi connectivity index (χ1) is 12.6. The zero-order chi connectivity index (χ0) is 18.5. The molecule has 0 fully saturated rings. The number of ether oxygens (including phenoxy) is 1. The molecule has 0 saturated carbocycles. The summed E-state index contributed by atoms with van der Waals surface area (Å²) in [6, 6.07) is 3.80. The van der Waals surface area contributed by atoms with Crippen LogP contribution < -0.4 is 11.1 Å². The quantitative estimate of drug-likeness (QED) is 0.839. The number of hydrogen-bond acceptors (Lipinski definition) is 6. The van der Waals surface area contributed by atoms with E-state index in [1.807, 2.05) is 12.1 Å². The van der Waals surface area contributed by atoms with Crippen molar-refractivity contribution in [2.24, 2.45) is 0 Å². The average Bonchev–Trinajstić information content (AvgIpc) is 2.96. The van der Waals surface area contributed by atoms with Gasteiger partial charge in [-0.3, -0.25) is 9.78 Å². The highest BCUT2D eigenvalue weighted by Crippen LogP contribution is 2.39. The van der Waals surface area contributed by atoms with Gasteiger partial charge in [-0.05, 0) is 37.0 Å². The van der Waals surface area contributed by atoms with Gasteiger partial charge in [-0.2, -0.15) is 0 Å². The molecule has 3 rings (SSSR count). The Morgan fingerprint density at radius 3 is 3.04 bits per heavy atom. The number of amides is 2. The molecule has 0 aliphatic carbocycles.